The van der Waals surface area contributed by atoms with Crippen LogP contribution in [0.1, 0.15) is 77.7 Å². The molecular formula is C40H58N6O12. The van der Waals surface area contributed by atoms with Gasteiger partial charge in [-0.25, -0.2) is 9.59 Å². The number of hydrogen-bond acceptors (Lipinski definition) is 12. The SMILES string of the molecule is CC(=O)C1(NC(=O)OCc2ccc(NC(=O)[C@H](CCCNC(N)=O)CC(=O)[C@@H](NC(=O)CCOCCOCCOCCN3C(=O)C=CC3=O)C(C)C)cc2)CCCC1. The Balaban J connectivity index is 1.41. The third kappa shape index (κ3) is 16.3. The first-order valence-electron chi connectivity index (χ1n) is 19.7. The van der Waals surface area contributed by atoms with E-state index < -0.39 is 41.4 Å². The largest absolute Gasteiger partial charge is 0.445 e. The third-order valence-corrected chi connectivity index (χ3v) is 9.82. The van der Waals surface area contributed by atoms with Gasteiger partial charge in [-0.2, -0.15) is 0 Å². The van der Waals surface area contributed by atoms with E-state index in [1.165, 1.54) is 19.1 Å². The topological polar surface area (TPSA) is 251 Å². The molecule has 1 heterocycles. The molecule has 0 radical (unpaired) electrons. The molecule has 1 saturated carbocycles. The van der Waals surface area contributed by atoms with Gasteiger partial charge in [-0.15, -0.1) is 0 Å². The minimum Gasteiger partial charge on any atom is -0.445 e. The Hall–Kier alpha value is -5.20. The second-order valence-electron chi connectivity index (χ2n) is 14.6. The molecule has 7 amide bonds. The van der Waals surface area contributed by atoms with Crippen molar-refractivity contribution in [1.29, 1.82) is 0 Å². The fraction of sp³-hybridized carbons (Fsp3) is 0.600. The summed E-state index contributed by atoms with van der Waals surface area (Å²) in [5.41, 5.74) is 5.40. The fourth-order valence-electron chi connectivity index (χ4n) is 6.49. The summed E-state index contributed by atoms with van der Waals surface area (Å²) >= 11 is 0. The lowest BCUT2D eigenvalue weighted by Crippen LogP contribution is -2.51. The van der Waals surface area contributed by atoms with Crippen molar-refractivity contribution in [2.75, 3.05) is 58.0 Å². The number of carbonyl (C=O) groups is 8. The van der Waals surface area contributed by atoms with Crippen LogP contribution in [0.2, 0.25) is 0 Å². The Labute approximate surface area is 338 Å². The van der Waals surface area contributed by atoms with E-state index in [4.69, 9.17) is 24.7 Å². The van der Waals surface area contributed by atoms with Gasteiger partial charge in [-0.3, -0.25) is 33.7 Å². The Morgan fingerprint density at radius 2 is 1.47 bits per heavy atom. The highest BCUT2D eigenvalue weighted by Crippen LogP contribution is 2.30. The predicted octanol–water partition coefficient (Wildman–Crippen LogP) is 2.28. The van der Waals surface area contributed by atoms with Crippen LogP contribution in [0.4, 0.5) is 15.3 Å². The molecule has 0 bridgehead atoms. The Bertz CT molecular complexity index is 1590. The molecule has 2 atom stereocenters. The maximum Gasteiger partial charge on any atom is 0.408 e. The first-order chi connectivity index (χ1) is 27.7. The number of nitrogens with one attached hydrogen (secondary N) is 4. The molecule has 3 rings (SSSR count). The van der Waals surface area contributed by atoms with Crippen molar-refractivity contribution < 1.29 is 57.3 Å². The van der Waals surface area contributed by atoms with E-state index in [9.17, 15) is 38.4 Å². The van der Waals surface area contributed by atoms with Crippen LogP contribution < -0.4 is 27.0 Å². The number of alkyl carbamates (subject to hydrolysis) is 1. The summed E-state index contributed by atoms with van der Waals surface area (Å²) in [4.78, 5) is 99.8. The van der Waals surface area contributed by atoms with Crippen LogP contribution in [-0.4, -0.2) is 117 Å². The molecular weight excluding hydrogens is 756 g/mol. The number of primary amides is 1. The fourth-order valence-corrected chi connectivity index (χ4v) is 6.49. The first-order valence-corrected chi connectivity index (χ1v) is 19.7. The number of urea groups is 1. The van der Waals surface area contributed by atoms with Gasteiger partial charge in [0.1, 0.15) is 12.1 Å². The second-order valence-corrected chi connectivity index (χ2v) is 14.6. The summed E-state index contributed by atoms with van der Waals surface area (Å²) in [5.74, 6) is -3.03. The van der Waals surface area contributed by atoms with E-state index >= 15 is 0 Å². The van der Waals surface area contributed by atoms with Gasteiger partial charge in [0.2, 0.25) is 11.8 Å². The van der Waals surface area contributed by atoms with Crippen LogP contribution in [0.25, 0.3) is 0 Å². The van der Waals surface area contributed by atoms with Crippen LogP contribution in [0, 0.1) is 11.8 Å². The van der Waals surface area contributed by atoms with Crippen LogP contribution in [0.5, 0.6) is 0 Å². The van der Waals surface area contributed by atoms with Gasteiger partial charge in [0.15, 0.2) is 11.6 Å². The molecule has 6 N–H and O–H groups in total. The number of carbonyl (C=O) groups excluding carboxylic acids is 8. The number of hydrogen-bond donors (Lipinski definition) is 5. The molecule has 1 aromatic rings. The van der Waals surface area contributed by atoms with E-state index in [0.717, 1.165) is 17.7 Å². The van der Waals surface area contributed by atoms with Crippen LogP contribution in [-0.2, 0) is 54.3 Å². The first kappa shape index (κ1) is 47.2. The summed E-state index contributed by atoms with van der Waals surface area (Å²) in [6, 6.07) is 5.08. The number of anilines is 1. The average Bonchev–Trinajstić information content (AvgIpc) is 3.79. The van der Waals surface area contributed by atoms with Gasteiger partial charge in [0, 0.05) is 43.1 Å². The molecule has 0 saturated heterocycles. The maximum atomic E-state index is 13.6. The van der Waals surface area contributed by atoms with Gasteiger partial charge in [0.05, 0.1) is 52.2 Å². The molecule has 2 aliphatic rings. The van der Waals surface area contributed by atoms with Crippen molar-refractivity contribution >= 4 is 53.0 Å². The Morgan fingerprint density at radius 1 is 0.862 bits per heavy atom. The molecule has 58 heavy (non-hydrogen) atoms. The van der Waals surface area contributed by atoms with Crippen molar-refractivity contribution in [1.82, 2.24) is 20.9 Å². The van der Waals surface area contributed by atoms with E-state index in [2.05, 4.69) is 21.3 Å². The number of Topliss-reactive ketones (excluding diaryl/α,β-unsaturated/α-hetero) is 2. The smallest absolute Gasteiger partial charge is 0.408 e. The highest BCUT2D eigenvalue weighted by atomic mass is 16.6. The zero-order valence-electron chi connectivity index (χ0n) is 33.6. The number of ketones is 2. The molecule has 0 spiro atoms. The number of nitrogens with two attached hydrogens (primary N) is 1. The van der Waals surface area contributed by atoms with Gasteiger partial charge in [0.25, 0.3) is 11.8 Å². The third-order valence-electron chi connectivity index (χ3n) is 9.82. The quantitative estimate of drug-likeness (QED) is 0.0634. The average molecular weight is 815 g/mol. The lowest BCUT2D eigenvalue weighted by atomic mass is 9.89. The number of amides is 7. The van der Waals surface area contributed by atoms with Crippen molar-refractivity contribution in [2.45, 2.75) is 90.3 Å². The molecule has 320 valence electrons. The minimum atomic E-state index is -0.881. The summed E-state index contributed by atoms with van der Waals surface area (Å²) < 4.78 is 21.7. The second kappa shape index (κ2) is 24.5. The summed E-state index contributed by atoms with van der Waals surface area (Å²) in [5, 5.41) is 10.8. The summed E-state index contributed by atoms with van der Waals surface area (Å²) in [7, 11) is 0. The monoisotopic (exact) mass is 814 g/mol. The Kier molecular flexibility index (Phi) is 20.0. The standard InChI is InChI=1S/C40H58N6O12/c1-27(2)36(44-33(49)14-19-55-21-23-57-24-22-56-20-18-46-34(50)12-13-35(46)51)32(48)25-30(7-6-17-42-38(41)53)37(52)43-31-10-8-29(9-11-31)26-58-39(54)45-40(28(3)47)15-4-5-16-40/h8-13,27,30,36H,4-7,14-26H2,1-3H3,(H,43,52)(H,44,49)(H,45,54)(H3,41,42,53)/t30-,36+/m1/s1. The van der Waals surface area contributed by atoms with E-state index in [-0.39, 0.29) is 108 Å². The zero-order valence-corrected chi connectivity index (χ0v) is 33.6. The van der Waals surface area contributed by atoms with Crippen LogP contribution >= 0.6 is 0 Å². The number of rotatable bonds is 27. The number of benzene rings is 1. The molecule has 1 aliphatic carbocycles. The molecule has 0 aromatic heterocycles. The lowest BCUT2D eigenvalue weighted by Gasteiger charge is -2.26. The van der Waals surface area contributed by atoms with Gasteiger partial charge in [-0.05, 0) is 56.2 Å². The molecule has 18 nitrogen and oxygen atoms in total. The van der Waals surface area contributed by atoms with Gasteiger partial charge < -0.3 is 45.9 Å². The van der Waals surface area contributed by atoms with Gasteiger partial charge in [-0.1, -0.05) is 38.8 Å². The number of imide groups is 1. The normalized spacial score (nSPS) is 15.6. The molecule has 1 aromatic carbocycles. The van der Waals surface area contributed by atoms with Crippen LogP contribution in [0.3, 0.4) is 0 Å². The highest BCUT2D eigenvalue weighted by Gasteiger charge is 2.40. The van der Waals surface area contributed by atoms with Crippen molar-refractivity contribution in [2.24, 2.45) is 17.6 Å². The van der Waals surface area contributed by atoms with E-state index in [1.54, 1.807) is 38.1 Å². The number of nitrogens with zero attached hydrogens (tertiary/aromatic N) is 1. The number of ether oxygens (including phenoxy) is 4. The van der Waals surface area contributed by atoms with E-state index in [0.29, 0.717) is 30.5 Å². The minimum absolute atomic E-state index is 0.00396. The summed E-state index contributed by atoms with van der Waals surface area (Å²) in [6.07, 6.45) is 5.06. The van der Waals surface area contributed by atoms with Gasteiger partial charge >= 0.3 is 12.1 Å². The van der Waals surface area contributed by atoms with E-state index in [1.807, 2.05) is 0 Å². The molecule has 18 heteroatoms. The molecule has 1 aliphatic heterocycles. The maximum absolute atomic E-state index is 13.6. The molecule has 0 unspecified atom stereocenters. The zero-order chi connectivity index (χ0) is 42.5. The summed E-state index contributed by atoms with van der Waals surface area (Å²) in [6.45, 7) is 6.66. The van der Waals surface area contributed by atoms with Crippen molar-refractivity contribution in [3.63, 3.8) is 0 Å². The van der Waals surface area contributed by atoms with Crippen LogP contribution in [0.15, 0.2) is 36.4 Å². The van der Waals surface area contributed by atoms with Crippen molar-refractivity contribution in [3.8, 4) is 0 Å². The molecule has 1 fully saturated rings. The van der Waals surface area contributed by atoms with Crippen molar-refractivity contribution in [3.05, 3.63) is 42.0 Å². The highest BCUT2D eigenvalue weighted by molar-refractivity contribution is 6.12. The predicted molar refractivity (Wildman–Crippen MR) is 210 cm³/mol. The Morgan fingerprint density at radius 3 is 2.05 bits per heavy atom. The lowest BCUT2D eigenvalue weighted by molar-refractivity contribution is -0.137.